The Bertz CT molecular complexity index is 842. The van der Waals surface area contributed by atoms with Crippen molar-refractivity contribution in [3.63, 3.8) is 0 Å². The van der Waals surface area contributed by atoms with E-state index in [0.717, 1.165) is 11.7 Å². The maximum Gasteiger partial charge on any atom is 0.157 e. The van der Waals surface area contributed by atoms with Crippen LogP contribution in [0.4, 0.5) is 4.39 Å². The highest BCUT2D eigenvalue weighted by atomic mass is 32.2. The van der Waals surface area contributed by atoms with Crippen LogP contribution in [0.25, 0.3) is 0 Å². The van der Waals surface area contributed by atoms with Gasteiger partial charge in [-0.05, 0) is 36.6 Å². The predicted molar refractivity (Wildman–Crippen MR) is 114 cm³/mol. The SMILES string of the molecule is C/C=C\C(=C/C)[C@@H]1CN=C(SCc2ccccc2F)N[C@@H]1c1ccccc1. The minimum absolute atomic E-state index is 0.147. The molecule has 0 radical (unpaired) electrons. The van der Waals surface area contributed by atoms with Gasteiger partial charge in [-0.15, -0.1) is 0 Å². The van der Waals surface area contributed by atoms with Gasteiger partial charge in [0.05, 0.1) is 12.6 Å². The zero-order valence-electron chi connectivity index (χ0n) is 15.7. The van der Waals surface area contributed by atoms with Gasteiger partial charge in [-0.25, -0.2) is 4.39 Å². The van der Waals surface area contributed by atoms with Crippen molar-refractivity contribution in [2.45, 2.75) is 25.6 Å². The van der Waals surface area contributed by atoms with E-state index >= 15 is 0 Å². The molecule has 1 heterocycles. The van der Waals surface area contributed by atoms with Gasteiger partial charge in [0, 0.05) is 11.7 Å². The van der Waals surface area contributed by atoms with Gasteiger partial charge in [0.1, 0.15) is 5.82 Å². The van der Waals surface area contributed by atoms with E-state index in [9.17, 15) is 4.39 Å². The Kier molecular flexibility index (Phi) is 6.88. The molecule has 27 heavy (non-hydrogen) atoms. The topological polar surface area (TPSA) is 24.4 Å². The van der Waals surface area contributed by atoms with E-state index < -0.39 is 0 Å². The first-order valence-corrected chi connectivity index (χ1v) is 10.2. The Morgan fingerprint density at radius 1 is 1.15 bits per heavy atom. The quantitative estimate of drug-likeness (QED) is 0.653. The molecule has 2 aromatic rings. The molecule has 0 saturated carbocycles. The Morgan fingerprint density at radius 3 is 2.59 bits per heavy atom. The first-order chi connectivity index (χ1) is 13.2. The number of nitrogens with one attached hydrogen (secondary N) is 1. The molecular formula is C23H25FN2S. The standard InChI is InChI=1S/C23H25FN2S/c1-3-10-17(4-2)20-15-25-23(26-22(20)18-11-6-5-7-12-18)27-16-19-13-8-9-14-21(19)24/h3-14,20,22H,15-16H2,1-2H3,(H,25,26)/b10-3-,17-4+/t20-,22+/m0/s1. The summed E-state index contributed by atoms with van der Waals surface area (Å²) in [5, 5.41) is 4.47. The fourth-order valence-electron chi connectivity index (χ4n) is 3.32. The van der Waals surface area contributed by atoms with Gasteiger partial charge in [0.15, 0.2) is 5.17 Å². The van der Waals surface area contributed by atoms with Crippen LogP contribution in [0, 0.1) is 11.7 Å². The number of benzene rings is 2. The summed E-state index contributed by atoms with van der Waals surface area (Å²) < 4.78 is 13.9. The average Bonchev–Trinajstić information content (AvgIpc) is 2.72. The number of hydrogen-bond donors (Lipinski definition) is 1. The molecular weight excluding hydrogens is 355 g/mol. The summed E-state index contributed by atoms with van der Waals surface area (Å²) >= 11 is 1.56. The van der Waals surface area contributed by atoms with Gasteiger partial charge < -0.3 is 5.32 Å². The summed E-state index contributed by atoms with van der Waals surface area (Å²) in [6, 6.07) is 17.5. The van der Waals surface area contributed by atoms with E-state index in [2.05, 4.69) is 54.7 Å². The molecule has 1 aliphatic heterocycles. The molecule has 0 bridgehead atoms. The molecule has 2 atom stereocenters. The van der Waals surface area contributed by atoms with Crippen LogP contribution in [0.5, 0.6) is 0 Å². The van der Waals surface area contributed by atoms with E-state index in [4.69, 9.17) is 4.99 Å². The van der Waals surface area contributed by atoms with Gasteiger partial charge in [-0.3, -0.25) is 4.99 Å². The smallest absolute Gasteiger partial charge is 0.157 e. The number of allylic oxidation sites excluding steroid dienone is 3. The molecule has 140 valence electrons. The fourth-order valence-corrected chi connectivity index (χ4v) is 4.22. The maximum atomic E-state index is 13.9. The van der Waals surface area contributed by atoms with Crippen LogP contribution in [0.2, 0.25) is 0 Å². The van der Waals surface area contributed by atoms with E-state index in [-0.39, 0.29) is 17.8 Å². The summed E-state index contributed by atoms with van der Waals surface area (Å²) in [7, 11) is 0. The molecule has 3 rings (SSSR count). The lowest BCUT2D eigenvalue weighted by Crippen LogP contribution is -2.38. The molecule has 0 fully saturated rings. The minimum Gasteiger partial charge on any atom is -0.357 e. The first-order valence-electron chi connectivity index (χ1n) is 9.24. The van der Waals surface area contributed by atoms with Gasteiger partial charge in [0.2, 0.25) is 0 Å². The molecule has 0 spiro atoms. The highest BCUT2D eigenvalue weighted by Gasteiger charge is 2.29. The van der Waals surface area contributed by atoms with Crippen molar-refractivity contribution in [1.82, 2.24) is 5.32 Å². The lowest BCUT2D eigenvalue weighted by molar-refractivity contribution is 0.456. The average molecular weight is 381 g/mol. The third-order valence-corrected chi connectivity index (χ3v) is 5.69. The van der Waals surface area contributed by atoms with E-state index in [0.29, 0.717) is 11.3 Å². The van der Waals surface area contributed by atoms with Gasteiger partial charge in [-0.1, -0.05) is 78.5 Å². The number of hydrogen-bond acceptors (Lipinski definition) is 3. The molecule has 2 nitrogen and oxygen atoms in total. The van der Waals surface area contributed by atoms with E-state index in [1.165, 1.54) is 17.2 Å². The highest BCUT2D eigenvalue weighted by Crippen LogP contribution is 2.33. The third kappa shape index (κ3) is 4.89. The van der Waals surface area contributed by atoms with Crippen LogP contribution in [0.3, 0.4) is 0 Å². The van der Waals surface area contributed by atoms with Crippen molar-refractivity contribution < 1.29 is 4.39 Å². The number of amidine groups is 1. The van der Waals surface area contributed by atoms with Crippen molar-refractivity contribution in [2.24, 2.45) is 10.9 Å². The van der Waals surface area contributed by atoms with Crippen LogP contribution in [0.15, 0.2) is 83.4 Å². The largest absolute Gasteiger partial charge is 0.357 e. The highest BCUT2D eigenvalue weighted by molar-refractivity contribution is 8.13. The summed E-state index contributed by atoms with van der Waals surface area (Å²) in [5.74, 6) is 0.672. The van der Waals surface area contributed by atoms with Crippen molar-refractivity contribution in [3.8, 4) is 0 Å². The third-order valence-electron chi connectivity index (χ3n) is 4.71. The van der Waals surface area contributed by atoms with Gasteiger partial charge in [0.25, 0.3) is 0 Å². The lowest BCUT2D eigenvalue weighted by atomic mass is 9.85. The second-order valence-corrected chi connectivity index (χ2v) is 7.42. The molecule has 0 aliphatic carbocycles. The fraction of sp³-hybridized carbons (Fsp3) is 0.261. The zero-order chi connectivity index (χ0) is 19.1. The molecule has 0 amide bonds. The monoisotopic (exact) mass is 380 g/mol. The van der Waals surface area contributed by atoms with Crippen molar-refractivity contribution in [1.29, 1.82) is 0 Å². The molecule has 0 aromatic heterocycles. The number of halogens is 1. The second kappa shape index (κ2) is 9.56. The summed E-state index contributed by atoms with van der Waals surface area (Å²) in [6.07, 6.45) is 6.40. The number of aliphatic imine (C=N–C) groups is 1. The summed E-state index contributed by atoms with van der Waals surface area (Å²) in [5.41, 5.74) is 3.22. The van der Waals surface area contributed by atoms with E-state index in [1.54, 1.807) is 17.8 Å². The predicted octanol–water partition coefficient (Wildman–Crippen LogP) is 5.90. The Balaban J connectivity index is 1.81. The van der Waals surface area contributed by atoms with Crippen LogP contribution < -0.4 is 5.32 Å². The summed E-state index contributed by atoms with van der Waals surface area (Å²) in [4.78, 5) is 4.75. The minimum atomic E-state index is -0.164. The van der Waals surface area contributed by atoms with Crippen molar-refractivity contribution >= 4 is 16.9 Å². The van der Waals surface area contributed by atoms with Gasteiger partial charge in [-0.2, -0.15) is 0 Å². The second-order valence-electron chi connectivity index (χ2n) is 6.45. The van der Waals surface area contributed by atoms with Crippen molar-refractivity contribution in [2.75, 3.05) is 6.54 Å². The maximum absolute atomic E-state index is 13.9. The van der Waals surface area contributed by atoms with Crippen molar-refractivity contribution in [3.05, 3.63) is 95.3 Å². The van der Waals surface area contributed by atoms with Crippen LogP contribution >= 0.6 is 11.8 Å². The van der Waals surface area contributed by atoms with Crippen LogP contribution in [0.1, 0.15) is 31.0 Å². The lowest BCUT2D eigenvalue weighted by Gasteiger charge is -2.33. The Morgan fingerprint density at radius 2 is 1.89 bits per heavy atom. The Labute approximate surface area is 165 Å². The normalized spacial score (nSPS) is 20.4. The molecule has 0 saturated heterocycles. The number of thioether (sulfide) groups is 1. The summed E-state index contributed by atoms with van der Waals surface area (Å²) in [6.45, 7) is 4.83. The molecule has 2 aromatic carbocycles. The first kappa shape index (κ1) is 19.4. The molecule has 1 N–H and O–H groups in total. The molecule has 1 aliphatic rings. The number of nitrogens with zero attached hydrogens (tertiary/aromatic N) is 1. The van der Waals surface area contributed by atoms with Gasteiger partial charge >= 0.3 is 0 Å². The molecule has 4 heteroatoms. The molecule has 0 unspecified atom stereocenters. The van der Waals surface area contributed by atoms with Crippen LogP contribution in [-0.4, -0.2) is 11.7 Å². The number of rotatable bonds is 5. The van der Waals surface area contributed by atoms with Crippen LogP contribution in [-0.2, 0) is 5.75 Å². The zero-order valence-corrected chi connectivity index (χ0v) is 16.5. The van der Waals surface area contributed by atoms with E-state index in [1.807, 2.05) is 25.1 Å². The Hall–Kier alpha value is -2.33.